The average Bonchev–Trinajstić information content (AvgIpc) is 2.04. The van der Waals surface area contributed by atoms with E-state index >= 15 is 0 Å². The number of hydrogen-bond acceptors (Lipinski definition) is 3. The quantitative estimate of drug-likeness (QED) is 0.512. The minimum Gasteiger partial charge on any atom is -0.330 e. The predicted octanol–water partition coefficient (Wildman–Crippen LogP) is 0.429. The lowest BCUT2D eigenvalue weighted by atomic mass is 10.3. The summed E-state index contributed by atoms with van der Waals surface area (Å²) in [5.74, 6) is 0. The molecule has 0 atom stereocenters. The first-order chi connectivity index (χ1) is 5.33. The zero-order valence-corrected chi connectivity index (χ0v) is 7.68. The summed E-state index contributed by atoms with van der Waals surface area (Å²) in [6.07, 6.45) is 4.52. The molecule has 0 rings (SSSR count). The van der Waals surface area contributed by atoms with E-state index in [9.17, 15) is 0 Å². The van der Waals surface area contributed by atoms with Gasteiger partial charge in [0.05, 0.1) is 0 Å². The second-order valence-corrected chi connectivity index (χ2v) is 2.43. The van der Waals surface area contributed by atoms with Crippen molar-refractivity contribution in [3.63, 3.8) is 0 Å². The summed E-state index contributed by atoms with van der Waals surface area (Å²) in [6, 6.07) is 0. The fraction of sp³-hybridized carbons (Fsp3) is 1.00. The van der Waals surface area contributed by atoms with Crippen LogP contribution in [0.1, 0.15) is 32.6 Å². The summed E-state index contributed by atoms with van der Waals surface area (Å²) < 4.78 is 0. The predicted molar refractivity (Wildman–Crippen MR) is 51.3 cm³/mol. The topological polar surface area (TPSA) is 78.1 Å². The lowest BCUT2D eigenvalue weighted by Crippen LogP contribution is -2.03. The molecule has 0 saturated carbocycles. The first kappa shape index (κ1) is 13.5. The van der Waals surface area contributed by atoms with E-state index in [1.54, 1.807) is 0 Å². The molecule has 70 valence electrons. The lowest BCUT2D eigenvalue weighted by molar-refractivity contribution is 0.755. The van der Waals surface area contributed by atoms with Gasteiger partial charge in [-0.3, -0.25) is 0 Å². The fourth-order valence-electron chi connectivity index (χ4n) is 0.493. The lowest BCUT2D eigenvalue weighted by Gasteiger charge is -1.87. The Kier molecular flexibility index (Phi) is 20.2. The first-order valence-corrected chi connectivity index (χ1v) is 4.43. The monoisotopic (exact) mass is 161 g/mol. The standard InChI is InChI=1S/C4H12N2.C4H11N/c5-3-1-2-4-6;1-2-3-4-5/h1-6H2;2-5H2,1H3. The van der Waals surface area contributed by atoms with Crippen molar-refractivity contribution in [1.82, 2.24) is 0 Å². The Hall–Kier alpha value is -0.120. The zero-order chi connectivity index (χ0) is 8.95. The van der Waals surface area contributed by atoms with E-state index in [0.717, 1.165) is 32.5 Å². The Labute approximate surface area is 70.3 Å². The molecule has 0 radical (unpaired) electrons. The second kappa shape index (κ2) is 16.5. The largest absolute Gasteiger partial charge is 0.330 e. The molecular weight excluding hydrogens is 138 g/mol. The Morgan fingerprint density at radius 1 is 0.727 bits per heavy atom. The second-order valence-electron chi connectivity index (χ2n) is 2.43. The normalized spacial score (nSPS) is 8.73. The number of unbranched alkanes of at least 4 members (excludes halogenated alkanes) is 2. The van der Waals surface area contributed by atoms with E-state index in [1.165, 1.54) is 12.8 Å². The van der Waals surface area contributed by atoms with Crippen LogP contribution in [0.2, 0.25) is 0 Å². The van der Waals surface area contributed by atoms with Crippen LogP contribution in [0.4, 0.5) is 0 Å². The van der Waals surface area contributed by atoms with Gasteiger partial charge in [-0.25, -0.2) is 0 Å². The van der Waals surface area contributed by atoms with Gasteiger partial charge in [0.1, 0.15) is 0 Å². The molecule has 0 aromatic rings. The molecule has 0 spiro atoms. The summed E-state index contributed by atoms with van der Waals surface area (Å²) >= 11 is 0. The molecule has 0 heterocycles. The average molecular weight is 161 g/mol. The van der Waals surface area contributed by atoms with Crippen LogP contribution in [0.15, 0.2) is 0 Å². The smallest absolute Gasteiger partial charge is 0.00768 e. The van der Waals surface area contributed by atoms with E-state index in [1.807, 2.05) is 0 Å². The van der Waals surface area contributed by atoms with Crippen LogP contribution in [0, 0.1) is 0 Å². The Bertz CT molecular complexity index is 42.6. The molecular formula is C8H23N3. The molecule has 0 aromatic heterocycles. The van der Waals surface area contributed by atoms with Crippen LogP contribution in [0.25, 0.3) is 0 Å². The van der Waals surface area contributed by atoms with Crippen LogP contribution >= 0.6 is 0 Å². The van der Waals surface area contributed by atoms with E-state index < -0.39 is 0 Å². The number of nitrogens with two attached hydrogens (primary N) is 3. The Morgan fingerprint density at radius 3 is 1.18 bits per heavy atom. The highest BCUT2D eigenvalue weighted by Gasteiger charge is 1.75. The third-order valence-corrected chi connectivity index (χ3v) is 1.22. The molecule has 0 aliphatic carbocycles. The summed E-state index contributed by atoms with van der Waals surface area (Å²) in [5, 5.41) is 0. The summed E-state index contributed by atoms with van der Waals surface area (Å²) in [7, 11) is 0. The molecule has 3 heteroatoms. The molecule has 3 nitrogen and oxygen atoms in total. The molecule has 0 amide bonds. The molecule has 0 aliphatic rings. The third kappa shape index (κ3) is 25.8. The first-order valence-electron chi connectivity index (χ1n) is 4.43. The SMILES string of the molecule is CCCCN.NCCCCN. The van der Waals surface area contributed by atoms with Gasteiger partial charge in [-0.2, -0.15) is 0 Å². The van der Waals surface area contributed by atoms with Crippen molar-refractivity contribution >= 4 is 0 Å². The van der Waals surface area contributed by atoms with Gasteiger partial charge >= 0.3 is 0 Å². The van der Waals surface area contributed by atoms with E-state index in [-0.39, 0.29) is 0 Å². The Morgan fingerprint density at radius 2 is 1.09 bits per heavy atom. The molecule has 0 fully saturated rings. The third-order valence-electron chi connectivity index (χ3n) is 1.22. The molecule has 0 bridgehead atoms. The van der Waals surface area contributed by atoms with Gasteiger partial charge in [-0.15, -0.1) is 0 Å². The van der Waals surface area contributed by atoms with Gasteiger partial charge in [0.2, 0.25) is 0 Å². The number of rotatable bonds is 5. The van der Waals surface area contributed by atoms with Crippen molar-refractivity contribution < 1.29 is 0 Å². The van der Waals surface area contributed by atoms with Crippen LogP contribution in [0.5, 0.6) is 0 Å². The molecule has 6 N–H and O–H groups in total. The van der Waals surface area contributed by atoms with Gasteiger partial charge < -0.3 is 17.2 Å². The van der Waals surface area contributed by atoms with Crippen molar-refractivity contribution in [2.24, 2.45) is 17.2 Å². The van der Waals surface area contributed by atoms with Gasteiger partial charge in [0.25, 0.3) is 0 Å². The maximum atomic E-state index is 5.16. The summed E-state index contributed by atoms with van der Waals surface area (Å²) in [5.41, 5.74) is 15.5. The highest BCUT2D eigenvalue weighted by Crippen LogP contribution is 1.77. The highest BCUT2D eigenvalue weighted by molar-refractivity contribution is 4.38. The maximum Gasteiger partial charge on any atom is -0.00768 e. The minimum absolute atomic E-state index is 0.775. The van der Waals surface area contributed by atoms with Crippen molar-refractivity contribution in [2.45, 2.75) is 32.6 Å². The Balaban J connectivity index is 0. The summed E-state index contributed by atoms with van der Waals surface area (Å²) in [6.45, 7) is 4.53. The van der Waals surface area contributed by atoms with Gasteiger partial charge in [0, 0.05) is 0 Å². The van der Waals surface area contributed by atoms with Crippen molar-refractivity contribution in [2.75, 3.05) is 19.6 Å². The molecule has 0 aromatic carbocycles. The van der Waals surface area contributed by atoms with E-state index in [0.29, 0.717) is 0 Å². The van der Waals surface area contributed by atoms with Crippen molar-refractivity contribution in [3.05, 3.63) is 0 Å². The molecule has 11 heavy (non-hydrogen) atoms. The number of hydrogen-bond donors (Lipinski definition) is 3. The minimum atomic E-state index is 0.775. The van der Waals surface area contributed by atoms with E-state index in [4.69, 9.17) is 17.2 Å². The highest BCUT2D eigenvalue weighted by atomic mass is 14.5. The summed E-state index contributed by atoms with van der Waals surface area (Å²) in [4.78, 5) is 0. The molecule has 0 saturated heterocycles. The van der Waals surface area contributed by atoms with Crippen LogP contribution in [-0.4, -0.2) is 19.6 Å². The molecule has 0 aliphatic heterocycles. The maximum absolute atomic E-state index is 5.16. The van der Waals surface area contributed by atoms with Crippen LogP contribution in [-0.2, 0) is 0 Å². The molecule has 0 unspecified atom stereocenters. The van der Waals surface area contributed by atoms with Gasteiger partial charge in [0.15, 0.2) is 0 Å². The van der Waals surface area contributed by atoms with Crippen molar-refractivity contribution in [1.29, 1.82) is 0 Å². The zero-order valence-electron chi connectivity index (χ0n) is 7.68. The van der Waals surface area contributed by atoms with E-state index in [2.05, 4.69) is 6.92 Å². The van der Waals surface area contributed by atoms with Gasteiger partial charge in [-0.05, 0) is 38.9 Å². The van der Waals surface area contributed by atoms with Crippen LogP contribution in [0.3, 0.4) is 0 Å². The van der Waals surface area contributed by atoms with Crippen molar-refractivity contribution in [3.8, 4) is 0 Å². The van der Waals surface area contributed by atoms with Gasteiger partial charge in [-0.1, -0.05) is 13.3 Å². The fourth-order valence-corrected chi connectivity index (χ4v) is 0.493. The van der Waals surface area contributed by atoms with Crippen LogP contribution < -0.4 is 17.2 Å².